The molecule has 0 bridgehead atoms. The highest BCUT2D eigenvalue weighted by Gasteiger charge is 2.16. The number of carbonyl (C=O) groups excluding carboxylic acids is 1. The number of amides is 1. The molecule has 6 nitrogen and oxygen atoms in total. The van der Waals surface area contributed by atoms with Crippen LogP contribution in [0.3, 0.4) is 0 Å². The first kappa shape index (κ1) is 15.2. The Hall–Kier alpha value is -2.15. The smallest absolute Gasteiger partial charge is 0.270 e. The van der Waals surface area contributed by atoms with E-state index in [1.54, 1.807) is 13.0 Å². The zero-order valence-corrected chi connectivity index (χ0v) is 12.6. The van der Waals surface area contributed by atoms with Gasteiger partial charge in [-0.25, -0.2) is 13.4 Å². The second kappa shape index (κ2) is 5.69. The zero-order chi connectivity index (χ0) is 15.6. The van der Waals surface area contributed by atoms with Crippen molar-refractivity contribution in [2.45, 2.75) is 13.0 Å². The second-order valence-electron chi connectivity index (χ2n) is 5.08. The lowest BCUT2D eigenvalue weighted by molar-refractivity contribution is 0.0939. The Morgan fingerprint density at radius 1 is 1.38 bits per heavy atom. The maximum atomic E-state index is 12.1. The van der Waals surface area contributed by atoms with Gasteiger partial charge in [0, 0.05) is 17.7 Å². The van der Waals surface area contributed by atoms with Gasteiger partial charge in [-0.1, -0.05) is 24.3 Å². The summed E-state index contributed by atoms with van der Waals surface area (Å²) in [6, 6.07) is 8.48. The van der Waals surface area contributed by atoms with Crippen LogP contribution in [-0.4, -0.2) is 37.4 Å². The number of nitrogens with one attached hydrogen (secondary N) is 1. The number of sulfone groups is 1. The Bertz CT molecular complexity index is 787. The first-order chi connectivity index (χ1) is 9.76. The molecule has 0 aliphatic heterocycles. The molecule has 1 aromatic heterocycles. The summed E-state index contributed by atoms with van der Waals surface area (Å²) in [5.41, 5.74) is 6.01. The van der Waals surface area contributed by atoms with E-state index in [1.807, 2.05) is 24.3 Å². The van der Waals surface area contributed by atoms with Crippen LogP contribution in [0.1, 0.15) is 17.4 Å². The average molecular weight is 307 g/mol. The van der Waals surface area contributed by atoms with Gasteiger partial charge in [-0.05, 0) is 18.4 Å². The number of aromatic nitrogens is 1. The molecular weight excluding hydrogens is 290 g/mol. The van der Waals surface area contributed by atoms with E-state index in [0.29, 0.717) is 0 Å². The quantitative estimate of drug-likeness (QED) is 0.876. The van der Waals surface area contributed by atoms with Crippen molar-refractivity contribution in [3.05, 3.63) is 36.0 Å². The van der Waals surface area contributed by atoms with Gasteiger partial charge in [-0.15, -0.1) is 0 Å². The fraction of sp³-hybridized carbons (Fsp3) is 0.286. The number of nitrogens with two attached hydrogens (primary N) is 1. The first-order valence-corrected chi connectivity index (χ1v) is 8.46. The summed E-state index contributed by atoms with van der Waals surface area (Å²) in [7, 11) is -3.15. The van der Waals surface area contributed by atoms with Gasteiger partial charge < -0.3 is 11.1 Å². The molecular formula is C14H17N3O3S. The van der Waals surface area contributed by atoms with Gasteiger partial charge in [0.15, 0.2) is 0 Å². The highest BCUT2D eigenvalue weighted by Crippen LogP contribution is 2.19. The number of nitrogens with zero attached hydrogens (tertiary/aromatic N) is 1. The lowest BCUT2D eigenvalue weighted by Crippen LogP contribution is -2.37. The lowest BCUT2D eigenvalue weighted by atomic mass is 10.1. The van der Waals surface area contributed by atoms with Crippen LogP contribution in [0, 0.1) is 0 Å². The third-order valence-electron chi connectivity index (χ3n) is 2.93. The summed E-state index contributed by atoms with van der Waals surface area (Å²) < 4.78 is 22.4. The fourth-order valence-electron chi connectivity index (χ4n) is 2.14. The third-order valence-corrected chi connectivity index (χ3v) is 4.04. The van der Waals surface area contributed by atoms with Gasteiger partial charge >= 0.3 is 0 Å². The molecule has 1 heterocycles. The van der Waals surface area contributed by atoms with Gasteiger partial charge in [0.2, 0.25) is 0 Å². The number of benzene rings is 1. The lowest BCUT2D eigenvalue weighted by Gasteiger charge is -2.13. The van der Waals surface area contributed by atoms with Crippen molar-refractivity contribution < 1.29 is 13.2 Å². The highest BCUT2D eigenvalue weighted by molar-refractivity contribution is 7.90. The first-order valence-electron chi connectivity index (χ1n) is 6.40. The zero-order valence-electron chi connectivity index (χ0n) is 11.8. The minimum atomic E-state index is -3.15. The Balaban J connectivity index is 2.24. The number of fused-ring (bicyclic) bond motifs is 1. The average Bonchev–Trinajstić information content (AvgIpc) is 2.36. The predicted octanol–water partition coefficient (Wildman–Crippen LogP) is 0.980. The van der Waals surface area contributed by atoms with Gasteiger partial charge in [0.25, 0.3) is 5.91 Å². The molecule has 0 aliphatic rings. The minimum Gasteiger partial charge on any atom is -0.383 e. The molecule has 1 unspecified atom stereocenters. The topological polar surface area (TPSA) is 102 Å². The van der Waals surface area contributed by atoms with Gasteiger partial charge in [-0.3, -0.25) is 4.79 Å². The van der Waals surface area contributed by atoms with Crippen LogP contribution < -0.4 is 11.1 Å². The Kier molecular flexibility index (Phi) is 4.13. The van der Waals surface area contributed by atoms with E-state index < -0.39 is 21.8 Å². The van der Waals surface area contributed by atoms with Gasteiger partial charge in [0.1, 0.15) is 21.3 Å². The molecule has 1 atom stereocenters. The number of nitrogen functional groups attached to an aromatic ring is 1. The predicted molar refractivity (Wildman–Crippen MR) is 82.8 cm³/mol. The van der Waals surface area contributed by atoms with Crippen LogP contribution in [-0.2, 0) is 9.84 Å². The van der Waals surface area contributed by atoms with Crippen LogP contribution >= 0.6 is 0 Å². The summed E-state index contributed by atoms with van der Waals surface area (Å²) in [5, 5.41) is 4.20. The van der Waals surface area contributed by atoms with E-state index in [-0.39, 0.29) is 17.3 Å². The minimum absolute atomic E-state index is 0.123. The second-order valence-corrected chi connectivity index (χ2v) is 7.27. The number of hydrogen-bond acceptors (Lipinski definition) is 5. The maximum Gasteiger partial charge on any atom is 0.270 e. The molecule has 7 heteroatoms. The molecule has 2 aromatic rings. The third kappa shape index (κ3) is 3.91. The van der Waals surface area contributed by atoms with Crippen molar-refractivity contribution >= 4 is 32.3 Å². The monoisotopic (exact) mass is 307 g/mol. The van der Waals surface area contributed by atoms with Crippen molar-refractivity contribution in [1.29, 1.82) is 0 Å². The summed E-state index contributed by atoms with van der Waals surface area (Å²) in [5.74, 6) is -0.292. The SMILES string of the molecule is CC(CS(C)(=O)=O)NC(=O)c1cc2ccccc2c(N)n1. The number of anilines is 1. The summed E-state index contributed by atoms with van der Waals surface area (Å²) >= 11 is 0. The number of hydrogen-bond donors (Lipinski definition) is 2. The van der Waals surface area contributed by atoms with E-state index >= 15 is 0 Å². The van der Waals surface area contributed by atoms with Crippen LogP contribution in [0.4, 0.5) is 5.82 Å². The molecule has 0 aliphatic carbocycles. The van der Waals surface area contributed by atoms with Crippen LogP contribution in [0.2, 0.25) is 0 Å². The normalized spacial score (nSPS) is 13.0. The van der Waals surface area contributed by atoms with E-state index in [2.05, 4.69) is 10.3 Å². The number of pyridine rings is 1. The van der Waals surface area contributed by atoms with Crippen LogP contribution in [0.25, 0.3) is 10.8 Å². The Labute approximate surface area is 123 Å². The molecule has 1 aromatic carbocycles. The largest absolute Gasteiger partial charge is 0.383 e. The van der Waals surface area contributed by atoms with E-state index in [4.69, 9.17) is 5.73 Å². The van der Waals surface area contributed by atoms with Gasteiger partial charge in [0.05, 0.1) is 5.75 Å². The summed E-state index contributed by atoms with van der Waals surface area (Å²) in [4.78, 5) is 16.2. The molecule has 0 saturated heterocycles. The maximum absolute atomic E-state index is 12.1. The van der Waals surface area contributed by atoms with E-state index in [1.165, 1.54) is 0 Å². The Morgan fingerprint density at radius 2 is 2.05 bits per heavy atom. The summed E-state index contributed by atoms with van der Waals surface area (Å²) in [6.07, 6.45) is 1.13. The molecule has 1 amide bonds. The summed E-state index contributed by atoms with van der Waals surface area (Å²) in [6.45, 7) is 1.63. The van der Waals surface area contributed by atoms with Gasteiger partial charge in [-0.2, -0.15) is 0 Å². The van der Waals surface area contributed by atoms with Crippen molar-refractivity contribution in [1.82, 2.24) is 10.3 Å². The van der Waals surface area contributed by atoms with Crippen molar-refractivity contribution in [3.8, 4) is 0 Å². The molecule has 0 radical (unpaired) electrons. The molecule has 0 spiro atoms. The standard InChI is InChI=1S/C14H17N3O3S/c1-9(8-21(2,19)20)16-14(18)12-7-10-5-3-4-6-11(10)13(15)17-12/h3-7,9H,8H2,1-2H3,(H2,15,17)(H,16,18). The van der Waals surface area contributed by atoms with E-state index in [9.17, 15) is 13.2 Å². The van der Waals surface area contributed by atoms with Crippen LogP contribution in [0.15, 0.2) is 30.3 Å². The van der Waals surface area contributed by atoms with Crippen LogP contribution in [0.5, 0.6) is 0 Å². The van der Waals surface area contributed by atoms with E-state index in [0.717, 1.165) is 17.0 Å². The fourth-order valence-corrected chi connectivity index (χ4v) is 3.13. The van der Waals surface area contributed by atoms with Crippen molar-refractivity contribution in [2.75, 3.05) is 17.7 Å². The highest BCUT2D eigenvalue weighted by atomic mass is 32.2. The number of rotatable bonds is 4. The molecule has 0 fully saturated rings. The van der Waals surface area contributed by atoms with Crippen molar-refractivity contribution in [3.63, 3.8) is 0 Å². The molecule has 21 heavy (non-hydrogen) atoms. The molecule has 112 valence electrons. The molecule has 2 rings (SSSR count). The number of carbonyl (C=O) groups is 1. The Morgan fingerprint density at radius 3 is 2.71 bits per heavy atom. The molecule has 3 N–H and O–H groups in total. The molecule has 0 saturated carbocycles. The van der Waals surface area contributed by atoms with Crippen molar-refractivity contribution in [2.24, 2.45) is 0 Å².